The Morgan fingerprint density at radius 3 is 1.08 bits per heavy atom. The summed E-state index contributed by atoms with van der Waals surface area (Å²) in [7, 11) is -7.56. The van der Waals surface area contributed by atoms with Crippen LogP contribution in [0.4, 0.5) is 0 Å². The average Bonchev–Trinajstić information content (AvgIpc) is 2.97. The number of hydrogen-bond acceptors (Lipinski definition) is 8. The molecule has 5 fully saturated rings. The van der Waals surface area contributed by atoms with Crippen molar-refractivity contribution in [3.63, 3.8) is 0 Å². The Hall–Kier alpha value is -0.340. The molecule has 5 aliphatic heterocycles. The normalized spacial score (nSPS) is 42.6. The van der Waals surface area contributed by atoms with Gasteiger partial charge in [0.25, 0.3) is 0 Å². The maximum absolute atomic E-state index is 12.8. The summed E-state index contributed by atoms with van der Waals surface area (Å²) in [6.07, 6.45) is -6.30. The second-order valence-corrected chi connectivity index (χ2v) is 11.5. The van der Waals surface area contributed by atoms with Gasteiger partial charge in [0.1, 0.15) is 0 Å². The quantitative estimate of drug-likeness (QED) is 0.616. The van der Waals surface area contributed by atoms with Gasteiger partial charge in [0, 0.05) is 0 Å². The van der Waals surface area contributed by atoms with Crippen molar-refractivity contribution in [2.45, 2.75) is 75.7 Å². The smallest absolute Gasteiger partial charge is 0.221 e. The van der Waals surface area contributed by atoms with Crippen LogP contribution in [0.15, 0.2) is 0 Å². The molecule has 0 N–H and O–H groups in total. The van der Waals surface area contributed by atoms with Gasteiger partial charge < -0.3 is 18.9 Å². The highest BCUT2D eigenvalue weighted by atomic mass is 32.2. The molecule has 24 heavy (non-hydrogen) atoms. The van der Waals surface area contributed by atoms with Gasteiger partial charge >= 0.3 is 0 Å². The molecule has 138 valence electrons. The molecule has 0 aromatic carbocycles. The Balaban J connectivity index is 1.84. The highest BCUT2D eigenvalue weighted by Crippen LogP contribution is 2.48. The summed E-state index contributed by atoms with van der Waals surface area (Å²) in [5, 5.41) is -1.45. The number of piperazine rings is 1. The molecule has 0 aromatic heterocycles. The van der Waals surface area contributed by atoms with Crippen LogP contribution in [0, 0.1) is 0 Å². The molecule has 12 heteroatoms. The Labute approximate surface area is 140 Å². The lowest BCUT2D eigenvalue weighted by atomic mass is 10.3. The third-order valence-electron chi connectivity index (χ3n) is 4.59. The van der Waals surface area contributed by atoms with Crippen molar-refractivity contribution in [3.8, 4) is 0 Å². The van der Waals surface area contributed by atoms with Gasteiger partial charge in [0.05, 0.1) is 10.5 Å². The summed E-state index contributed by atoms with van der Waals surface area (Å²) in [5.74, 6) is 0. The van der Waals surface area contributed by atoms with E-state index in [0.717, 1.165) is 8.61 Å². The number of sulfonamides is 2. The maximum atomic E-state index is 12.8. The van der Waals surface area contributed by atoms with Crippen LogP contribution in [-0.4, -0.2) is 73.4 Å². The molecular formula is C12H20N2O8S2. The van der Waals surface area contributed by atoms with Crippen LogP contribution in [0.1, 0.15) is 27.7 Å². The van der Waals surface area contributed by atoms with Crippen LogP contribution in [0.5, 0.6) is 0 Å². The summed E-state index contributed by atoms with van der Waals surface area (Å²) in [6, 6.07) is 0. The van der Waals surface area contributed by atoms with Crippen LogP contribution < -0.4 is 0 Å². The van der Waals surface area contributed by atoms with Crippen molar-refractivity contribution in [1.82, 2.24) is 8.61 Å². The Kier molecular flexibility index (Phi) is 3.63. The van der Waals surface area contributed by atoms with Crippen LogP contribution in [0.2, 0.25) is 0 Å². The van der Waals surface area contributed by atoms with Gasteiger partial charge in [-0.15, -0.1) is 8.61 Å². The lowest BCUT2D eigenvalue weighted by molar-refractivity contribution is -0.202. The zero-order valence-corrected chi connectivity index (χ0v) is 15.2. The van der Waals surface area contributed by atoms with Gasteiger partial charge in [0.2, 0.25) is 32.6 Å². The van der Waals surface area contributed by atoms with Gasteiger partial charge in [-0.05, 0) is 27.7 Å². The van der Waals surface area contributed by atoms with E-state index < -0.39 is 68.0 Å². The monoisotopic (exact) mass is 384 g/mol. The molecule has 4 atom stereocenters. The third kappa shape index (κ3) is 2.02. The van der Waals surface area contributed by atoms with E-state index in [9.17, 15) is 16.8 Å². The fourth-order valence-electron chi connectivity index (χ4n) is 3.24. The molecular weight excluding hydrogens is 364 g/mol. The lowest BCUT2D eigenvalue weighted by Crippen LogP contribution is -2.70. The standard InChI is InChI=1S/C12H20N2O8S2/c1-5(2)23(15,16)13-7-9-14(24(17,18)6(3)4)10-8(13)20-12(22-10)11(19-7)21-9/h5-12H,1-4H3. The molecule has 0 amide bonds. The molecule has 6 bridgehead atoms. The van der Waals surface area contributed by atoms with E-state index in [1.807, 2.05) is 0 Å². The van der Waals surface area contributed by atoms with Crippen LogP contribution in [0.25, 0.3) is 0 Å². The molecule has 4 unspecified atom stereocenters. The van der Waals surface area contributed by atoms with E-state index >= 15 is 0 Å². The summed E-state index contributed by atoms with van der Waals surface area (Å²) >= 11 is 0. The minimum absolute atomic E-state index is 0.726. The summed E-state index contributed by atoms with van der Waals surface area (Å²) in [5.41, 5.74) is 0. The molecule has 10 nitrogen and oxygen atoms in total. The second-order valence-electron chi connectivity index (χ2n) is 6.69. The predicted octanol–water partition coefficient (Wildman–Crippen LogP) is -0.856. The van der Waals surface area contributed by atoms with Crippen molar-refractivity contribution in [3.05, 3.63) is 0 Å². The topological polar surface area (TPSA) is 112 Å². The number of nitrogens with zero attached hydrogens (tertiary/aromatic N) is 2. The maximum Gasteiger partial charge on any atom is 0.221 e. The molecule has 0 radical (unpaired) electrons. The van der Waals surface area contributed by atoms with Gasteiger partial charge in [-0.2, -0.15) is 0 Å². The number of ether oxygens (including phenoxy) is 4. The van der Waals surface area contributed by atoms with Crippen molar-refractivity contribution in [2.24, 2.45) is 0 Å². The van der Waals surface area contributed by atoms with Crippen LogP contribution >= 0.6 is 0 Å². The van der Waals surface area contributed by atoms with Crippen molar-refractivity contribution in [1.29, 1.82) is 0 Å². The summed E-state index contributed by atoms with van der Waals surface area (Å²) in [6.45, 7) is 6.15. The first-order valence-electron chi connectivity index (χ1n) is 7.73. The van der Waals surface area contributed by atoms with E-state index in [0.29, 0.717) is 0 Å². The number of rotatable bonds is 4. The van der Waals surface area contributed by atoms with Crippen molar-refractivity contribution < 1.29 is 35.8 Å². The highest BCUT2D eigenvalue weighted by molar-refractivity contribution is 7.90. The SMILES string of the molecule is CC(C)S(=O)(=O)N1C2OC3OC2N(S(=O)(=O)C(C)C)C2OC3OC21. The zero-order valence-electron chi connectivity index (χ0n) is 13.6. The largest absolute Gasteiger partial charge is 0.324 e. The van der Waals surface area contributed by atoms with E-state index in [1.165, 1.54) is 27.7 Å². The minimum atomic E-state index is -3.78. The van der Waals surface area contributed by atoms with E-state index in [4.69, 9.17) is 18.9 Å². The fourth-order valence-corrected chi connectivity index (χ4v) is 5.99. The molecule has 5 saturated heterocycles. The average molecular weight is 384 g/mol. The van der Waals surface area contributed by atoms with Gasteiger partial charge in [-0.3, -0.25) is 0 Å². The van der Waals surface area contributed by atoms with E-state index in [-0.39, 0.29) is 0 Å². The van der Waals surface area contributed by atoms with E-state index in [1.54, 1.807) is 0 Å². The fraction of sp³-hybridized carbons (Fsp3) is 1.00. The highest BCUT2D eigenvalue weighted by Gasteiger charge is 2.70. The zero-order chi connectivity index (χ0) is 17.6. The molecule has 5 heterocycles. The molecule has 0 saturated carbocycles. The summed E-state index contributed by atoms with van der Waals surface area (Å²) < 4.78 is 75.7. The molecule has 5 rings (SSSR count). The molecule has 0 aliphatic carbocycles. The lowest BCUT2D eigenvalue weighted by Gasteiger charge is -2.46. The first-order valence-corrected chi connectivity index (χ1v) is 10.7. The third-order valence-corrected chi connectivity index (χ3v) is 8.98. The van der Waals surface area contributed by atoms with Crippen molar-refractivity contribution in [2.75, 3.05) is 0 Å². The second kappa shape index (κ2) is 5.10. The Bertz CT molecular complexity index is 663. The minimum Gasteiger partial charge on any atom is -0.324 e. The molecule has 0 aromatic rings. The Morgan fingerprint density at radius 2 is 0.875 bits per heavy atom. The molecule has 0 spiro atoms. The predicted molar refractivity (Wildman–Crippen MR) is 78.9 cm³/mol. The number of hydrogen-bond donors (Lipinski definition) is 0. The Morgan fingerprint density at radius 1 is 0.625 bits per heavy atom. The van der Waals surface area contributed by atoms with Crippen LogP contribution in [-0.2, 0) is 39.0 Å². The van der Waals surface area contributed by atoms with Gasteiger partial charge in [0.15, 0.2) is 24.9 Å². The van der Waals surface area contributed by atoms with Crippen LogP contribution in [0.3, 0.4) is 0 Å². The molecule has 5 aliphatic rings. The van der Waals surface area contributed by atoms with Gasteiger partial charge in [-0.25, -0.2) is 16.8 Å². The summed E-state index contributed by atoms with van der Waals surface area (Å²) in [4.78, 5) is 0. The first kappa shape index (κ1) is 17.1. The first-order chi connectivity index (χ1) is 11.1. The van der Waals surface area contributed by atoms with E-state index in [2.05, 4.69) is 0 Å². The van der Waals surface area contributed by atoms with Crippen molar-refractivity contribution >= 4 is 20.0 Å². The van der Waals surface area contributed by atoms with Gasteiger partial charge in [-0.1, -0.05) is 0 Å².